The monoisotopic (exact) mass is 335 g/mol. The van der Waals surface area contributed by atoms with Crippen LogP contribution in [-0.4, -0.2) is 35.5 Å². The van der Waals surface area contributed by atoms with Gasteiger partial charge in [0.1, 0.15) is 5.52 Å². The van der Waals surface area contributed by atoms with Crippen LogP contribution in [0.25, 0.3) is 27.8 Å². The molecule has 0 aliphatic carbocycles. The zero-order chi connectivity index (χ0) is 17.4. The molecule has 0 aliphatic rings. The predicted molar refractivity (Wildman–Crippen MR) is 90.2 cm³/mol. The third-order valence-corrected chi connectivity index (χ3v) is 3.99. The van der Waals surface area contributed by atoms with Crippen LogP contribution in [0.3, 0.4) is 0 Å². The molecule has 0 spiro atoms. The predicted octanol–water partition coefficient (Wildman–Crippen LogP) is 1.58. The Morgan fingerprint density at radius 2 is 1.92 bits per heavy atom. The van der Waals surface area contributed by atoms with Crippen molar-refractivity contribution in [1.82, 2.24) is 24.4 Å². The third kappa shape index (κ3) is 2.53. The molecule has 0 aliphatic heterocycles. The first-order valence-electron chi connectivity index (χ1n) is 7.66. The summed E-state index contributed by atoms with van der Waals surface area (Å²) in [6.07, 6.45) is 3.11. The van der Waals surface area contributed by atoms with Crippen LogP contribution in [0.4, 0.5) is 0 Å². The highest BCUT2D eigenvalue weighted by atomic mass is 16.4. The lowest BCUT2D eigenvalue weighted by Crippen LogP contribution is -2.22. The maximum Gasteiger partial charge on any atom is 0.305 e. The lowest BCUT2D eigenvalue weighted by atomic mass is 10.1. The quantitative estimate of drug-likeness (QED) is 0.607. The number of carboxylic acids is 1. The highest BCUT2D eigenvalue weighted by Gasteiger charge is 2.14. The lowest BCUT2D eigenvalue weighted by Gasteiger charge is -2.06. The second-order valence-electron chi connectivity index (χ2n) is 5.55. The Balaban J connectivity index is 1.88. The number of hydrogen-bond donors (Lipinski definition) is 1. The van der Waals surface area contributed by atoms with Crippen LogP contribution in [-0.2, 0) is 11.3 Å². The standard InChI is InChI=1S/C17H13N5O3/c23-14(24)7-9-21-8-6-13-15(17(21)25)19-20-16-12(10-18-22(13)16)11-4-2-1-3-5-11/h1-6,8,10H,7,9H2,(H,23,24). The molecule has 0 bridgehead atoms. The van der Waals surface area contributed by atoms with E-state index in [-0.39, 0.29) is 24.0 Å². The molecule has 1 N–H and O–H groups in total. The highest BCUT2D eigenvalue weighted by Crippen LogP contribution is 2.23. The van der Waals surface area contributed by atoms with Crippen LogP contribution < -0.4 is 5.56 Å². The van der Waals surface area contributed by atoms with Crippen molar-refractivity contribution in [1.29, 1.82) is 0 Å². The number of benzene rings is 1. The summed E-state index contributed by atoms with van der Waals surface area (Å²) >= 11 is 0. The Hall–Kier alpha value is -3.55. The SMILES string of the molecule is O=C(O)CCn1ccc2c(nnc3c(-c4ccccc4)cnn32)c1=O. The first-order valence-corrected chi connectivity index (χ1v) is 7.66. The van der Waals surface area contributed by atoms with Gasteiger partial charge in [0.05, 0.1) is 12.6 Å². The van der Waals surface area contributed by atoms with Crippen LogP contribution in [0.1, 0.15) is 6.42 Å². The average molecular weight is 335 g/mol. The molecule has 25 heavy (non-hydrogen) atoms. The van der Waals surface area contributed by atoms with E-state index in [2.05, 4.69) is 15.3 Å². The maximum atomic E-state index is 12.5. The largest absolute Gasteiger partial charge is 0.481 e. The average Bonchev–Trinajstić information content (AvgIpc) is 3.06. The van der Waals surface area contributed by atoms with Crippen LogP contribution in [0.15, 0.2) is 53.6 Å². The zero-order valence-corrected chi connectivity index (χ0v) is 13.0. The molecule has 1 aromatic carbocycles. The van der Waals surface area contributed by atoms with Crippen LogP contribution in [0.2, 0.25) is 0 Å². The van der Waals surface area contributed by atoms with Crippen molar-refractivity contribution < 1.29 is 9.90 Å². The van der Waals surface area contributed by atoms with Gasteiger partial charge in [-0.1, -0.05) is 30.3 Å². The normalized spacial score (nSPS) is 11.2. The molecular formula is C17H13N5O3. The number of aliphatic carboxylic acids is 1. The smallest absolute Gasteiger partial charge is 0.305 e. The van der Waals surface area contributed by atoms with Crippen molar-refractivity contribution in [2.24, 2.45) is 0 Å². The van der Waals surface area contributed by atoms with Crippen molar-refractivity contribution in [3.63, 3.8) is 0 Å². The first-order chi connectivity index (χ1) is 12.1. The van der Waals surface area contributed by atoms with Crippen LogP contribution in [0.5, 0.6) is 0 Å². The van der Waals surface area contributed by atoms with Gasteiger partial charge in [0.2, 0.25) is 0 Å². The van der Waals surface area contributed by atoms with E-state index in [4.69, 9.17) is 5.11 Å². The molecule has 0 radical (unpaired) electrons. The molecule has 0 saturated heterocycles. The van der Waals surface area contributed by atoms with Gasteiger partial charge in [0, 0.05) is 18.3 Å². The molecule has 0 atom stereocenters. The van der Waals surface area contributed by atoms with Gasteiger partial charge in [0.25, 0.3) is 5.56 Å². The van der Waals surface area contributed by atoms with E-state index < -0.39 is 5.97 Å². The van der Waals surface area contributed by atoms with Gasteiger partial charge in [-0.2, -0.15) is 5.10 Å². The summed E-state index contributed by atoms with van der Waals surface area (Å²) in [6.45, 7) is 0.0815. The molecule has 4 rings (SSSR count). The summed E-state index contributed by atoms with van der Waals surface area (Å²) in [7, 11) is 0. The maximum absolute atomic E-state index is 12.5. The fourth-order valence-corrected chi connectivity index (χ4v) is 2.74. The number of fused-ring (bicyclic) bond motifs is 3. The van der Waals surface area contributed by atoms with Crippen molar-refractivity contribution in [3.8, 4) is 11.1 Å². The summed E-state index contributed by atoms with van der Waals surface area (Å²) in [5, 5.41) is 21.3. The highest BCUT2D eigenvalue weighted by molar-refractivity contribution is 5.82. The summed E-state index contributed by atoms with van der Waals surface area (Å²) in [5.41, 5.74) is 2.64. The molecule has 0 saturated carbocycles. The van der Waals surface area contributed by atoms with Crippen molar-refractivity contribution >= 4 is 22.6 Å². The van der Waals surface area contributed by atoms with Gasteiger partial charge in [0.15, 0.2) is 11.2 Å². The van der Waals surface area contributed by atoms with Gasteiger partial charge >= 0.3 is 5.97 Å². The summed E-state index contributed by atoms with van der Waals surface area (Å²) < 4.78 is 2.90. The topological polar surface area (TPSA) is 102 Å². The van der Waals surface area contributed by atoms with Crippen molar-refractivity contribution in [3.05, 3.63) is 59.1 Å². The lowest BCUT2D eigenvalue weighted by molar-refractivity contribution is -0.137. The van der Waals surface area contributed by atoms with E-state index in [0.717, 1.165) is 11.1 Å². The minimum atomic E-state index is -0.965. The summed E-state index contributed by atoms with van der Waals surface area (Å²) in [6, 6.07) is 11.4. The number of carboxylic acid groups (broad SMARTS) is 1. The van der Waals surface area contributed by atoms with Gasteiger partial charge < -0.3 is 9.67 Å². The number of pyridine rings is 1. The molecule has 3 aromatic heterocycles. The van der Waals surface area contributed by atoms with Crippen LogP contribution in [0, 0.1) is 0 Å². The second-order valence-corrected chi connectivity index (χ2v) is 5.55. The Bertz CT molecular complexity index is 1150. The molecule has 4 aromatic rings. The molecule has 0 amide bonds. The molecule has 8 heteroatoms. The first kappa shape index (κ1) is 15.0. The van der Waals surface area contributed by atoms with E-state index in [0.29, 0.717) is 11.2 Å². The second kappa shape index (κ2) is 5.82. The number of carbonyl (C=O) groups is 1. The third-order valence-electron chi connectivity index (χ3n) is 3.99. The number of hydrogen-bond acceptors (Lipinski definition) is 5. The molecule has 0 fully saturated rings. The van der Waals surface area contributed by atoms with E-state index in [9.17, 15) is 9.59 Å². The number of aromatic nitrogens is 5. The fourth-order valence-electron chi connectivity index (χ4n) is 2.74. The number of aryl methyl sites for hydroxylation is 1. The Labute approximate surface area is 141 Å². The molecular weight excluding hydrogens is 322 g/mol. The molecule has 0 unspecified atom stereocenters. The number of nitrogens with zero attached hydrogens (tertiary/aromatic N) is 5. The van der Waals surface area contributed by atoms with Crippen molar-refractivity contribution in [2.75, 3.05) is 0 Å². The van der Waals surface area contributed by atoms with Gasteiger partial charge in [-0.05, 0) is 11.6 Å². The molecule has 124 valence electrons. The zero-order valence-electron chi connectivity index (χ0n) is 13.0. The van der Waals surface area contributed by atoms with Crippen molar-refractivity contribution in [2.45, 2.75) is 13.0 Å². The van der Waals surface area contributed by atoms with E-state index >= 15 is 0 Å². The van der Waals surface area contributed by atoms with Gasteiger partial charge in [-0.3, -0.25) is 9.59 Å². The molecule has 8 nitrogen and oxygen atoms in total. The van der Waals surface area contributed by atoms with E-state index in [1.54, 1.807) is 23.0 Å². The van der Waals surface area contributed by atoms with Crippen LogP contribution >= 0.6 is 0 Å². The summed E-state index contributed by atoms with van der Waals surface area (Å²) in [4.78, 5) is 23.2. The number of rotatable bonds is 4. The minimum Gasteiger partial charge on any atom is -0.481 e. The summed E-state index contributed by atoms with van der Waals surface area (Å²) in [5.74, 6) is -0.965. The van der Waals surface area contributed by atoms with Gasteiger partial charge in [-0.15, -0.1) is 10.2 Å². The minimum absolute atomic E-state index is 0.0815. The van der Waals surface area contributed by atoms with E-state index in [1.807, 2.05) is 30.3 Å². The van der Waals surface area contributed by atoms with Gasteiger partial charge in [-0.25, -0.2) is 4.52 Å². The Kier molecular flexibility index (Phi) is 3.50. The Morgan fingerprint density at radius 3 is 2.68 bits per heavy atom. The van der Waals surface area contributed by atoms with E-state index in [1.165, 1.54) is 4.57 Å². The Morgan fingerprint density at radius 1 is 1.12 bits per heavy atom. The fraction of sp³-hybridized carbons (Fsp3) is 0.118. The molecule has 3 heterocycles.